The second-order valence-electron chi connectivity index (χ2n) is 3.41. The van der Waals surface area contributed by atoms with Gasteiger partial charge in [-0.2, -0.15) is 0 Å². The number of ether oxygens (including phenoxy) is 1. The first-order valence-corrected chi connectivity index (χ1v) is 5.36. The highest BCUT2D eigenvalue weighted by Gasteiger charge is 2.09. The van der Waals surface area contributed by atoms with Crippen LogP contribution in [-0.4, -0.2) is 42.7 Å². The van der Waals surface area contributed by atoms with Gasteiger partial charge in [-0.15, -0.1) is 0 Å². The van der Waals surface area contributed by atoms with E-state index in [4.69, 9.17) is 10.2 Å². The van der Waals surface area contributed by atoms with Crippen LogP contribution in [0.2, 0.25) is 0 Å². The zero-order valence-corrected chi connectivity index (χ0v) is 9.24. The molecule has 1 amide bonds. The summed E-state index contributed by atoms with van der Waals surface area (Å²) < 4.78 is 4.64. The molecule has 15 heavy (non-hydrogen) atoms. The minimum atomic E-state index is -0.511. The SMILES string of the molecule is CCCC(CCO)CNC(=O)OCCO. The van der Waals surface area contributed by atoms with E-state index in [1.165, 1.54) is 0 Å². The van der Waals surface area contributed by atoms with E-state index in [1.54, 1.807) is 0 Å². The summed E-state index contributed by atoms with van der Waals surface area (Å²) in [5.74, 6) is 0.293. The molecular weight excluding hydrogens is 198 g/mol. The van der Waals surface area contributed by atoms with Crippen molar-refractivity contribution >= 4 is 6.09 Å². The Morgan fingerprint density at radius 3 is 2.60 bits per heavy atom. The van der Waals surface area contributed by atoms with Gasteiger partial charge in [0.2, 0.25) is 0 Å². The molecule has 0 saturated carbocycles. The zero-order chi connectivity index (χ0) is 11.5. The Kier molecular flexibility index (Phi) is 9.21. The number of carbonyl (C=O) groups excluding carboxylic acids is 1. The van der Waals surface area contributed by atoms with Crippen molar-refractivity contribution in [1.82, 2.24) is 5.32 Å². The molecule has 0 aliphatic heterocycles. The number of nitrogens with one attached hydrogen (secondary N) is 1. The maximum atomic E-state index is 11.0. The van der Waals surface area contributed by atoms with E-state index in [0.717, 1.165) is 12.8 Å². The first-order valence-electron chi connectivity index (χ1n) is 5.36. The molecule has 90 valence electrons. The Morgan fingerprint density at radius 2 is 2.07 bits per heavy atom. The molecular formula is C10H21NO4. The number of rotatable bonds is 8. The molecule has 0 spiro atoms. The van der Waals surface area contributed by atoms with Gasteiger partial charge in [0.1, 0.15) is 6.61 Å². The lowest BCUT2D eigenvalue weighted by molar-refractivity contribution is 0.117. The number of amides is 1. The molecule has 0 aromatic rings. The summed E-state index contributed by atoms with van der Waals surface area (Å²) >= 11 is 0. The van der Waals surface area contributed by atoms with E-state index in [1.807, 2.05) is 0 Å². The van der Waals surface area contributed by atoms with Crippen molar-refractivity contribution in [3.05, 3.63) is 0 Å². The minimum absolute atomic E-state index is 0.0181. The maximum Gasteiger partial charge on any atom is 0.407 e. The lowest BCUT2D eigenvalue weighted by atomic mass is 10.0. The van der Waals surface area contributed by atoms with Gasteiger partial charge < -0.3 is 20.3 Å². The number of alkyl carbamates (subject to hydrolysis) is 1. The van der Waals surface area contributed by atoms with Crippen LogP contribution in [-0.2, 0) is 4.74 Å². The smallest absolute Gasteiger partial charge is 0.407 e. The molecule has 0 aliphatic rings. The quantitative estimate of drug-likeness (QED) is 0.555. The number of hydrogen-bond donors (Lipinski definition) is 3. The lowest BCUT2D eigenvalue weighted by Gasteiger charge is -2.15. The largest absolute Gasteiger partial charge is 0.447 e. The van der Waals surface area contributed by atoms with Crippen LogP contribution in [0.15, 0.2) is 0 Å². The van der Waals surface area contributed by atoms with Crippen LogP contribution >= 0.6 is 0 Å². The average Bonchev–Trinajstić information content (AvgIpc) is 2.23. The molecule has 0 saturated heterocycles. The maximum absolute atomic E-state index is 11.0. The highest BCUT2D eigenvalue weighted by molar-refractivity contribution is 5.67. The Balaban J connectivity index is 3.62. The van der Waals surface area contributed by atoms with Gasteiger partial charge in [-0.1, -0.05) is 13.3 Å². The minimum Gasteiger partial charge on any atom is -0.447 e. The van der Waals surface area contributed by atoms with E-state index in [-0.39, 0.29) is 19.8 Å². The predicted octanol–water partition coefficient (Wildman–Crippen LogP) is 0.504. The fourth-order valence-electron chi connectivity index (χ4n) is 1.36. The van der Waals surface area contributed by atoms with E-state index in [2.05, 4.69) is 17.0 Å². The van der Waals surface area contributed by atoms with Crippen LogP contribution in [0.4, 0.5) is 4.79 Å². The van der Waals surface area contributed by atoms with Gasteiger partial charge in [-0.05, 0) is 18.8 Å². The summed E-state index contributed by atoms with van der Waals surface area (Å²) in [6.45, 7) is 2.57. The van der Waals surface area contributed by atoms with Crippen LogP contribution in [0.25, 0.3) is 0 Å². The van der Waals surface area contributed by atoms with Crippen molar-refractivity contribution in [2.75, 3.05) is 26.4 Å². The third kappa shape index (κ3) is 8.20. The van der Waals surface area contributed by atoms with Gasteiger partial charge in [0, 0.05) is 13.2 Å². The van der Waals surface area contributed by atoms with Gasteiger partial charge in [-0.25, -0.2) is 4.79 Å². The van der Waals surface area contributed by atoms with Crippen molar-refractivity contribution in [1.29, 1.82) is 0 Å². The second-order valence-corrected chi connectivity index (χ2v) is 3.41. The molecule has 0 aromatic carbocycles. The molecule has 0 fully saturated rings. The molecule has 5 heteroatoms. The van der Waals surface area contributed by atoms with Crippen LogP contribution in [0, 0.1) is 5.92 Å². The highest BCUT2D eigenvalue weighted by atomic mass is 16.6. The Morgan fingerprint density at radius 1 is 1.33 bits per heavy atom. The molecule has 0 heterocycles. The fraction of sp³-hybridized carbons (Fsp3) is 0.900. The first-order chi connectivity index (χ1) is 7.24. The number of aliphatic hydroxyl groups excluding tert-OH is 2. The average molecular weight is 219 g/mol. The van der Waals surface area contributed by atoms with Gasteiger partial charge in [-0.3, -0.25) is 0 Å². The molecule has 0 aromatic heterocycles. The predicted molar refractivity (Wildman–Crippen MR) is 56.5 cm³/mol. The lowest BCUT2D eigenvalue weighted by Crippen LogP contribution is -2.30. The Labute approximate surface area is 90.4 Å². The fourth-order valence-corrected chi connectivity index (χ4v) is 1.36. The van der Waals surface area contributed by atoms with Crippen LogP contribution in [0.3, 0.4) is 0 Å². The third-order valence-electron chi connectivity index (χ3n) is 2.09. The van der Waals surface area contributed by atoms with E-state index < -0.39 is 6.09 Å². The van der Waals surface area contributed by atoms with Gasteiger partial charge in [0.25, 0.3) is 0 Å². The van der Waals surface area contributed by atoms with Gasteiger partial charge in [0.05, 0.1) is 6.61 Å². The van der Waals surface area contributed by atoms with Gasteiger partial charge in [0.15, 0.2) is 0 Å². The second kappa shape index (κ2) is 9.73. The summed E-state index contributed by atoms with van der Waals surface area (Å²) in [6, 6.07) is 0. The third-order valence-corrected chi connectivity index (χ3v) is 2.09. The van der Waals surface area contributed by atoms with E-state index in [0.29, 0.717) is 18.9 Å². The molecule has 1 atom stereocenters. The van der Waals surface area contributed by atoms with Crippen molar-refractivity contribution < 1.29 is 19.7 Å². The summed E-state index contributed by atoms with van der Waals surface area (Å²) in [4.78, 5) is 11.0. The summed E-state index contributed by atoms with van der Waals surface area (Å²) in [6.07, 6.45) is 2.18. The summed E-state index contributed by atoms with van der Waals surface area (Å²) in [7, 11) is 0. The molecule has 1 unspecified atom stereocenters. The zero-order valence-electron chi connectivity index (χ0n) is 9.24. The van der Waals surface area contributed by atoms with E-state index >= 15 is 0 Å². The number of hydrogen-bond acceptors (Lipinski definition) is 4. The molecule has 0 aliphatic carbocycles. The van der Waals surface area contributed by atoms with Crippen LogP contribution in [0.5, 0.6) is 0 Å². The van der Waals surface area contributed by atoms with Gasteiger partial charge >= 0.3 is 6.09 Å². The topological polar surface area (TPSA) is 78.8 Å². The molecule has 3 N–H and O–H groups in total. The Bertz CT molecular complexity index is 158. The first kappa shape index (κ1) is 14.2. The van der Waals surface area contributed by atoms with E-state index in [9.17, 15) is 4.79 Å². The van der Waals surface area contributed by atoms with Crippen molar-refractivity contribution in [3.63, 3.8) is 0 Å². The Hall–Kier alpha value is -0.810. The number of carbonyl (C=O) groups is 1. The molecule has 0 rings (SSSR count). The van der Waals surface area contributed by atoms with Crippen LogP contribution < -0.4 is 5.32 Å². The molecule has 5 nitrogen and oxygen atoms in total. The summed E-state index contributed by atoms with van der Waals surface area (Å²) in [5.41, 5.74) is 0. The number of aliphatic hydroxyl groups is 2. The van der Waals surface area contributed by atoms with Crippen LogP contribution in [0.1, 0.15) is 26.2 Å². The molecule has 0 radical (unpaired) electrons. The van der Waals surface area contributed by atoms with Crippen molar-refractivity contribution in [2.45, 2.75) is 26.2 Å². The molecule has 0 bridgehead atoms. The summed E-state index contributed by atoms with van der Waals surface area (Å²) in [5, 5.41) is 19.8. The monoisotopic (exact) mass is 219 g/mol. The standard InChI is InChI=1S/C10H21NO4/c1-2-3-9(4-5-12)8-11-10(14)15-7-6-13/h9,12-13H,2-8H2,1H3,(H,11,14). The highest BCUT2D eigenvalue weighted by Crippen LogP contribution is 2.09. The van der Waals surface area contributed by atoms with Crippen molar-refractivity contribution in [3.8, 4) is 0 Å². The van der Waals surface area contributed by atoms with Crippen molar-refractivity contribution in [2.24, 2.45) is 5.92 Å². The normalized spacial score (nSPS) is 12.2.